The van der Waals surface area contributed by atoms with Crippen molar-refractivity contribution in [3.8, 4) is 5.75 Å². The van der Waals surface area contributed by atoms with Crippen LogP contribution in [0.2, 0.25) is 0 Å². The molecule has 1 aliphatic rings. The third kappa shape index (κ3) is 6.18. The van der Waals surface area contributed by atoms with Gasteiger partial charge in [-0.1, -0.05) is 50.2 Å². The van der Waals surface area contributed by atoms with Gasteiger partial charge in [0.1, 0.15) is 5.75 Å². The first-order chi connectivity index (χ1) is 14.1. The van der Waals surface area contributed by atoms with Gasteiger partial charge in [0.15, 0.2) is 5.11 Å². The van der Waals surface area contributed by atoms with Crippen molar-refractivity contribution in [1.82, 2.24) is 4.90 Å². The lowest BCUT2D eigenvalue weighted by Gasteiger charge is -2.29. The fourth-order valence-corrected chi connectivity index (χ4v) is 3.78. The van der Waals surface area contributed by atoms with Crippen LogP contribution < -0.4 is 10.1 Å². The smallest absolute Gasteiger partial charge is 0.173 e. The molecule has 2 aromatic carbocycles. The van der Waals surface area contributed by atoms with E-state index in [4.69, 9.17) is 21.7 Å². The lowest BCUT2D eigenvalue weighted by molar-refractivity contribution is 0.0905. The average Bonchev–Trinajstić information content (AvgIpc) is 3.23. The summed E-state index contributed by atoms with van der Waals surface area (Å²) in [4.78, 5) is 2.21. The molecule has 1 unspecified atom stereocenters. The van der Waals surface area contributed by atoms with Gasteiger partial charge in [0, 0.05) is 19.7 Å². The molecule has 29 heavy (non-hydrogen) atoms. The van der Waals surface area contributed by atoms with Gasteiger partial charge in [-0.2, -0.15) is 0 Å². The topological polar surface area (TPSA) is 33.7 Å². The highest BCUT2D eigenvalue weighted by Crippen LogP contribution is 2.25. The molecule has 1 saturated heterocycles. The van der Waals surface area contributed by atoms with Crippen LogP contribution >= 0.6 is 12.2 Å². The Kier molecular flexibility index (Phi) is 7.90. The summed E-state index contributed by atoms with van der Waals surface area (Å²) in [6.07, 6.45) is 2.43. The van der Waals surface area contributed by atoms with Crippen LogP contribution in [0, 0.1) is 0 Å². The van der Waals surface area contributed by atoms with Crippen molar-refractivity contribution in [3.05, 3.63) is 59.7 Å². The highest BCUT2D eigenvalue weighted by atomic mass is 32.1. The number of anilines is 1. The molecule has 156 valence electrons. The molecule has 1 fully saturated rings. The van der Waals surface area contributed by atoms with Crippen LogP contribution in [0.15, 0.2) is 48.5 Å². The summed E-state index contributed by atoms with van der Waals surface area (Å²) in [7, 11) is 0. The fourth-order valence-electron chi connectivity index (χ4n) is 3.53. The van der Waals surface area contributed by atoms with E-state index >= 15 is 0 Å². The zero-order valence-corrected chi connectivity index (χ0v) is 18.5. The molecule has 2 aromatic rings. The van der Waals surface area contributed by atoms with E-state index in [1.807, 2.05) is 31.2 Å². The minimum absolute atomic E-state index is 0.229. The molecule has 1 N–H and O–H groups in total. The predicted octanol–water partition coefficient (Wildman–Crippen LogP) is 5.59. The van der Waals surface area contributed by atoms with Gasteiger partial charge in [0.25, 0.3) is 0 Å². The zero-order valence-electron chi connectivity index (χ0n) is 17.7. The molecule has 3 rings (SSSR count). The number of hydrogen-bond acceptors (Lipinski definition) is 3. The van der Waals surface area contributed by atoms with Gasteiger partial charge < -0.3 is 19.7 Å². The summed E-state index contributed by atoms with van der Waals surface area (Å²) in [5.41, 5.74) is 3.49. The Hall–Kier alpha value is -2.11. The van der Waals surface area contributed by atoms with E-state index in [0.717, 1.165) is 44.0 Å². The molecule has 0 bridgehead atoms. The van der Waals surface area contributed by atoms with E-state index in [2.05, 4.69) is 48.3 Å². The number of para-hydroxylation sites is 2. The van der Waals surface area contributed by atoms with Crippen LogP contribution in [0.4, 0.5) is 5.69 Å². The van der Waals surface area contributed by atoms with Crippen LogP contribution in [0.1, 0.15) is 50.7 Å². The van der Waals surface area contributed by atoms with Gasteiger partial charge in [0.05, 0.1) is 18.4 Å². The third-order valence-electron chi connectivity index (χ3n) is 5.18. The molecule has 4 nitrogen and oxygen atoms in total. The van der Waals surface area contributed by atoms with Crippen molar-refractivity contribution in [2.45, 2.75) is 52.2 Å². The summed E-state index contributed by atoms with van der Waals surface area (Å²) in [5, 5.41) is 4.09. The molecule has 0 radical (unpaired) electrons. The Balaban J connectivity index is 1.74. The maximum Gasteiger partial charge on any atom is 0.173 e. The largest absolute Gasteiger partial charge is 0.492 e. The minimum Gasteiger partial charge on any atom is -0.492 e. The van der Waals surface area contributed by atoms with E-state index in [1.165, 1.54) is 11.1 Å². The number of benzene rings is 2. The molecule has 0 amide bonds. The normalized spacial score (nSPS) is 16.1. The van der Waals surface area contributed by atoms with Gasteiger partial charge in [-0.15, -0.1) is 0 Å². The zero-order chi connectivity index (χ0) is 20.6. The summed E-state index contributed by atoms with van der Waals surface area (Å²) >= 11 is 5.81. The molecule has 1 aliphatic heterocycles. The van der Waals surface area contributed by atoms with Gasteiger partial charge in [-0.25, -0.2) is 0 Å². The summed E-state index contributed by atoms with van der Waals surface area (Å²) in [6.45, 7) is 9.42. The Morgan fingerprint density at radius 1 is 1.21 bits per heavy atom. The van der Waals surface area contributed by atoms with Crippen LogP contribution in [-0.4, -0.2) is 35.9 Å². The first-order valence-corrected chi connectivity index (χ1v) is 11.0. The molecule has 1 atom stereocenters. The summed E-state index contributed by atoms with van der Waals surface area (Å²) in [6, 6.07) is 16.8. The van der Waals surface area contributed by atoms with Gasteiger partial charge in [0.2, 0.25) is 0 Å². The number of ether oxygens (including phenoxy) is 2. The van der Waals surface area contributed by atoms with Crippen LogP contribution in [0.3, 0.4) is 0 Å². The quantitative estimate of drug-likeness (QED) is 0.572. The second-order valence-corrected chi connectivity index (χ2v) is 8.16. The molecular weight excluding hydrogens is 380 g/mol. The minimum atomic E-state index is 0.229. The number of thiocarbonyl (C=S) groups is 1. The second kappa shape index (κ2) is 10.6. The molecule has 0 spiro atoms. The van der Waals surface area contributed by atoms with E-state index in [-0.39, 0.29) is 6.10 Å². The summed E-state index contributed by atoms with van der Waals surface area (Å²) < 4.78 is 11.6. The predicted molar refractivity (Wildman–Crippen MR) is 124 cm³/mol. The first-order valence-electron chi connectivity index (χ1n) is 10.5. The number of hydrogen-bond donors (Lipinski definition) is 1. The molecule has 1 heterocycles. The van der Waals surface area contributed by atoms with Crippen molar-refractivity contribution < 1.29 is 9.47 Å². The first kappa shape index (κ1) is 21.6. The van der Waals surface area contributed by atoms with Crippen LogP contribution in [0.25, 0.3) is 0 Å². The number of rotatable bonds is 8. The Bertz CT molecular complexity index is 786. The number of nitrogens with one attached hydrogen (secondary N) is 1. The lowest BCUT2D eigenvalue weighted by atomic mass is 10.0. The maximum atomic E-state index is 5.88. The fraction of sp³-hybridized carbons (Fsp3) is 0.458. The standard InChI is InChI=1S/C24H32N2O2S/c1-4-27-23-10-6-5-9-22(23)25-24(29)26(17-21-8-7-15-28-21)16-19-11-13-20(14-12-19)18(2)3/h5-6,9-14,18,21H,4,7-8,15-17H2,1-3H3,(H,25,29). The van der Waals surface area contributed by atoms with Crippen molar-refractivity contribution in [2.24, 2.45) is 0 Å². The second-order valence-electron chi connectivity index (χ2n) is 7.77. The van der Waals surface area contributed by atoms with Crippen molar-refractivity contribution in [3.63, 3.8) is 0 Å². The molecule has 5 heteroatoms. The SMILES string of the molecule is CCOc1ccccc1NC(=S)N(Cc1ccc(C(C)C)cc1)CC1CCCO1. The molecular formula is C24H32N2O2S. The molecule has 0 saturated carbocycles. The van der Waals surface area contributed by atoms with Crippen molar-refractivity contribution in [2.75, 3.05) is 25.1 Å². The van der Waals surface area contributed by atoms with E-state index < -0.39 is 0 Å². The Morgan fingerprint density at radius 3 is 2.62 bits per heavy atom. The maximum absolute atomic E-state index is 5.88. The van der Waals surface area contributed by atoms with Crippen molar-refractivity contribution in [1.29, 1.82) is 0 Å². The van der Waals surface area contributed by atoms with Gasteiger partial charge in [-0.05, 0) is 61.2 Å². The molecule has 0 aliphatic carbocycles. The Labute approximate surface area is 180 Å². The van der Waals surface area contributed by atoms with Gasteiger partial charge in [-0.3, -0.25) is 0 Å². The lowest BCUT2D eigenvalue weighted by Crippen LogP contribution is -2.39. The average molecular weight is 413 g/mol. The van der Waals surface area contributed by atoms with Crippen LogP contribution in [0.5, 0.6) is 5.75 Å². The van der Waals surface area contributed by atoms with E-state index in [9.17, 15) is 0 Å². The molecule has 0 aromatic heterocycles. The monoisotopic (exact) mass is 412 g/mol. The third-order valence-corrected chi connectivity index (χ3v) is 5.54. The van der Waals surface area contributed by atoms with Gasteiger partial charge >= 0.3 is 0 Å². The summed E-state index contributed by atoms with van der Waals surface area (Å²) in [5.74, 6) is 1.35. The van der Waals surface area contributed by atoms with E-state index in [1.54, 1.807) is 0 Å². The van der Waals surface area contributed by atoms with Crippen molar-refractivity contribution >= 4 is 23.0 Å². The van der Waals surface area contributed by atoms with Crippen LogP contribution in [-0.2, 0) is 11.3 Å². The highest BCUT2D eigenvalue weighted by Gasteiger charge is 2.22. The highest BCUT2D eigenvalue weighted by molar-refractivity contribution is 7.80. The van der Waals surface area contributed by atoms with E-state index in [0.29, 0.717) is 17.6 Å². The number of nitrogens with zero attached hydrogens (tertiary/aromatic N) is 1. The Morgan fingerprint density at radius 2 is 1.97 bits per heavy atom.